The van der Waals surface area contributed by atoms with E-state index < -0.39 is 14.0 Å². The molecule has 2 N–H and O–H groups in total. The van der Waals surface area contributed by atoms with Crippen LogP contribution in [0.25, 0.3) is 0 Å². The second kappa shape index (κ2) is 10.9. The van der Waals surface area contributed by atoms with Gasteiger partial charge in [-0.25, -0.2) is 0 Å². The summed E-state index contributed by atoms with van der Waals surface area (Å²) >= 11 is 0. The molecule has 4 nitrogen and oxygen atoms in total. The summed E-state index contributed by atoms with van der Waals surface area (Å²) in [5, 5.41) is 3.62. The second-order valence-electron chi connectivity index (χ2n) is 7.17. The van der Waals surface area contributed by atoms with Crippen LogP contribution in [-0.4, -0.2) is 17.2 Å². The van der Waals surface area contributed by atoms with Crippen molar-refractivity contribution in [2.75, 3.05) is 6.54 Å². The van der Waals surface area contributed by atoms with E-state index in [-0.39, 0.29) is 5.41 Å². The van der Waals surface area contributed by atoms with Crippen molar-refractivity contribution in [2.24, 2.45) is 5.41 Å². The van der Waals surface area contributed by atoms with Gasteiger partial charge in [-0.3, -0.25) is 14.4 Å². The molecule has 0 aromatic heterocycles. The lowest BCUT2D eigenvalue weighted by Crippen LogP contribution is -2.61. The minimum atomic E-state index is -2.96. The lowest BCUT2D eigenvalue weighted by atomic mass is 9.62. The SMILES string of the molecule is CCCCNC1(O[PH](=O)O)CCCCC1(CCCC)CCCC. The summed E-state index contributed by atoms with van der Waals surface area (Å²) in [6.07, 6.45) is 13.3. The van der Waals surface area contributed by atoms with Gasteiger partial charge >= 0.3 is 8.25 Å². The number of unbranched alkanes of at least 4 members (excludes halogenated alkanes) is 3. The highest BCUT2D eigenvalue weighted by Gasteiger charge is 2.53. The summed E-state index contributed by atoms with van der Waals surface area (Å²) in [7, 11) is -2.96. The Balaban J connectivity index is 3.09. The van der Waals surface area contributed by atoms with Crippen LogP contribution >= 0.6 is 8.25 Å². The lowest BCUT2D eigenvalue weighted by molar-refractivity contribution is -0.129. The van der Waals surface area contributed by atoms with Gasteiger partial charge in [0, 0.05) is 5.41 Å². The molecule has 1 rings (SSSR count). The maximum Gasteiger partial charge on any atom is 0.318 e. The number of rotatable bonds is 12. The van der Waals surface area contributed by atoms with Crippen LogP contribution in [0.15, 0.2) is 0 Å². The predicted molar refractivity (Wildman–Crippen MR) is 97.9 cm³/mol. The van der Waals surface area contributed by atoms with E-state index in [4.69, 9.17) is 4.52 Å². The Labute approximate surface area is 143 Å². The van der Waals surface area contributed by atoms with Crippen LogP contribution in [0.2, 0.25) is 0 Å². The fourth-order valence-electron chi connectivity index (χ4n) is 4.20. The van der Waals surface area contributed by atoms with Gasteiger partial charge in [-0.2, -0.15) is 0 Å². The first-order chi connectivity index (χ1) is 11.1. The molecule has 1 aliphatic rings. The zero-order valence-corrected chi connectivity index (χ0v) is 16.5. The van der Waals surface area contributed by atoms with E-state index in [9.17, 15) is 9.46 Å². The van der Waals surface area contributed by atoms with E-state index in [1.54, 1.807) is 0 Å². The molecule has 0 radical (unpaired) electrons. The van der Waals surface area contributed by atoms with Crippen molar-refractivity contribution >= 4 is 8.25 Å². The molecule has 138 valence electrons. The highest BCUT2D eigenvalue weighted by Crippen LogP contribution is 2.54. The van der Waals surface area contributed by atoms with Gasteiger partial charge in [0.15, 0.2) is 0 Å². The van der Waals surface area contributed by atoms with Crippen molar-refractivity contribution < 1.29 is 14.0 Å². The second-order valence-corrected chi connectivity index (χ2v) is 7.91. The monoisotopic (exact) mass is 347 g/mol. The van der Waals surface area contributed by atoms with E-state index in [1.165, 1.54) is 6.42 Å². The Kier molecular flexibility index (Phi) is 10.00. The lowest BCUT2D eigenvalue weighted by Gasteiger charge is -2.53. The molecule has 0 aromatic carbocycles. The maximum absolute atomic E-state index is 11.7. The standard InChI is InChI=1S/C18H38NO3P/c1-4-7-12-17(13-8-5-2)14-10-11-15-18(17,22-23(20)21)19-16-9-6-3/h19,23H,4-16H2,1-3H3,(H,20,21). The van der Waals surface area contributed by atoms with Crippen molar-refractivity contribution in [2.45, 2.75) is 104 Å². The average molecular weight is 347 g/mol. The summed E-state index contributed by atoms with van der Waals surface area (Å²) in [6.45, 7) is 7.48. The van der Waals surface area contributed by atoms with Crippen molar-refractivity contribution in [3.05, 3.63) is 0 Å². The van der Waals surface area contributed by atoms with E-state index in [0.29, 0.717) is 0 Å². The molecule has 0 aromatic rings. The van der Waals surface area contributed by atoms with Gasteiger partial charge in [0.05, 0.1) is 0 Å². The number of hydrogen-bond donors (Lipinski definition) is 2. The topological polar surface area (TPSA) is 58.6 Å². The molecule has 1 saturated carbocycles. The van der Waals surface area contributed by atoms with Gasteiger partial charge in [-0.1, -0.05) is 59.3 Å². The third-order valence-electron chi connectivity index (χ3n) is 5.51. The molecule has 2 atom stereocenters. The number of nitrogens with one attached hydrogen (secondary N) is 1. The molecule has 0 saturated heterocycles. The van der Waals surface area contributed by atoms with Crippen molar-refractivity contribution in [3.63, 3.8) is 0 Å². The Morgan fingerprint density at radius 3 is 2.09 bits per heavy atom. The van der Waals surface area contributed by atoms with Crippen LogP contribution in [0.3, 0.4) is 0 Å². The van der Waals surface area contributed by atoms with Crippen LogP contribution in [0, 0.1) is 5.41 Å². The molecule has 1 fully saturated rings. The highest BCUT2D eigenvalue weighted by molar-refractivity contribution is 7.32. The minimum Gasteiger partial charge on any atom is -0.326 e. The Bertz CT molecular complexity index is 343. The molecule has 0 heterocycles. The van der Waals surface area contributed by atoms with Crippen LogP contribution in [0.1, 0.15) is 97.8 Å². The first kappa shape index (κ1) is 21.2. The van der Waals surface area contributed by atoms with Crippen LogP contribution in [0.4, 0.5) is 0 Å². The Hall–Kier alpha value is 0.110. The fraction of sp³-hybridized carbons (Fsp3) is 1.00. The van der Waals surface area contributed by atoms with Gasteiger partial charge in [-0.15, -0.1) is 0 Å². The quantitative estimate of drug-likeness (QED) is 0.281. The van der Waals surface area contributed by atoms with Crippen molar-refractivity contribution in [3.8, 4) is 0 Å². The summed E-state index contributed by atoms with van der Waals surface area (Å²) < 4.78 is 17.5. The summed E-state index contributed by atoms with van der Waals surface area (Å²) in [5.74, 6) is 0. The van der Waals surface area contributed by atoms with E-state index in [0.717, 1.165) is 77.2 Å². The van der Waals surface area contributed by atoms with Crippen molar-refractivity contribution in [1.29, 1.82) is 0 Å². The maximum atomic E-state index is 11.7. The Morgan fingerprint density at radius 2 is 1.57 bits per heavy atom. The van der Waals surface area contributed by atoms with Gasteiger partial charge in [-0.05, 0) is 45.1 Å². The highest BCUT2D eigenvalue weighted by atomic mass is 31.1. The summed E-state index contributed by atoms with van der Waals surface area (Å²) in [6, 6.07) is 0. The normalized spacial score (nSPS) is 25.4. The Morgan fingerprint density at radius 1 is 1.00 bits per heavy atom. The third kappa shape index (κ3) is 5.85. The number of hydrogen-bond acceptors (Lipinski definition) is 3. The van der Waals surface area contributed by atoms with Crippen LogP contribution in [-0.2, 0) is 9.09 Å². The smallest absolute Gasteiger partial charge is 0.318 e. The third-order valence-corrected chi connectivity index (χ3v) is 6.03. The molecule has 0 aliphatic heterocycles. The molecule has 0 bridgehead atoms. The van der Waals surface area contributed by atoms with Gasteiger partial charge in [0.2, 0.25) is 0 Å². The largest absolute Gasteiger partial charge is 0.326 e. The van der Waals surface area contributed by atoms with E-state index in [1.807, 2.05) is 0 Å². The molecule has 5 heteroatoms. The molecular weight excluding hydrogens is 309 g/mol. The first-order valence-electron chi connectivity index (χ1n) is 9.73. The summed E-state index contributed by atoms with van der Waals surface area (Å²) in [4.78, 5) is 9.59. The van der Waals surface area contributed by atoms with Crippen LogP contribution in [0.5, 0.6) is 0 Å². The van der Waals surface area contributed by atoms with Gasteiger partial charge < -0.3 is 4.89 Å². The molecule has 0 spiro atoms. The van der Waals surface area contributed by atoms with Crippen LogP contribution < -0.4 is 5.32 Å². The average Bonchev–Trinajstić information content (AvgIpc) is 2.53. The van der Waals surface area contributed by atoms with Gasteiger partial charge in [0.1, 0.15) is 5.72 Å². The minimum absolute atomic E-state index is 0.00800. The molecule has 0 amide bonds. The predicted octanol–water partition coefficient (Wildman–Crippen LogP) is 5.41. The molecule has 1 aliphatic carbocycles. The zero-order valence-electron chi connectivity index (χ0n) is 15.5. The fourth-order valence-corrected chi connectivity index (χ4v) is 4.89. The molecule has 2 unspecified atom stereocenters. The van der Waals surface area contributed by atoms with Gasteiger partial charge in [0.25, 0.3) is 0 Å². The van der Waals surface area contributed by atoms with Crippen molar-refractivity contribution in [1.82, 2.24) is 5.32 Å². The summed E-state index contributed by atoms with van der Waals surface area (Å²) in [5.41, 5.74) is -0.594. The molecular formula is C18H38NO3P. The first-order valence-corrected chi connectivity index (χ1v) is 11.0. The zero-order chi connectivity index (χ0) is 17.2. The molecule has 23 heavy (non-hydrogen) atoms. The van der Waals surface area contributed by atoms with E-state index >= 15 is 0 Å². The van der Waals surface area contributed by atoms with E-state index in [2.05, 4.69) is 26.1 Å².